The lowest BCUT2D eigenvalue weighted by molar-refractivity contribution is 0.302. The second kappa shape index (κ2) is 6.36. The SMILES string of the molecule is Cc1cc(OCc2ccccc2F)c2c3c(c(=O)oc2c1)CCCC3. The summed E-state index contributed by atoms with van der Waals surface area (Å²) in [5.74, 6) is 0.369. The van der Waals surface area contributed by atoms with E-state index in [4.69, 9.17) is 9.15 Å². The monoisotopic (exact) mass is 338 g/mol. The molecule has 0 fully saturated rings. The minimum absolute atomic E-state index is 0.138. The lowest BCUT2D eigenvalue weighted by Gasteiger charge is -2.19. The highest BCUT2D eigenvalue weighted by Crippen LogP contribution is 2.35. The topological polar surface area (TPSA) is 39.4 Å². The lowest BCUT2D eigenvalue weighted by Crippen LogP contribution is -2.16. The fourth-order valence-corrected chi connectivity index (χ4v) is 3.55. The Balaban J connectivity index is 1.82. The molecule has 0 amide bonds. The zero-order valence-corrected chi connectivity index (χ0v) is 14.1. The van der Waals surface area contributed by atoms with Gasteiger partial charge in [0.2, 0.25) is 0 Å². The van der Waals surface area contributed by atoms with Gasteiger partial charge < -0.3 is 9.15 Å². The molecule has 0 N–H and O–H groups in total. The molecule has 0 atom stereocenters. The summed E-state index contributed by atoms with van der Waals surface area (Å²) in [6.07, 6.45) is 3.64. The summed E-state index contributed by atoms with van der Waals surface area (Å²) in [7, 11) is 0. The second-order valence-electron chi connectivity index (χ2n) is 6.57. The molecule has 1 aliphatic rings. The van der Waals surface area contributed by atoms with Crippen molar-refractivity contribution >= 4 is 11.0 Å². The highest BCUT2D eigenvalue weighted by Gasteiger charge is 2.21. The number of benzene rings is 2. The van der Waals surface area contributed by atoms with Crippen LogP contribution >= 0.6 is 0 Å². The van der Waals surface area contributed by atoms with Crippen molar-refractivity contribution in [1.29, 1.82) is 0 Å². The largest absolute Gasteiger partial charge is 0.488 e. The number of hydrogen-bond donors (Lipinski definition) is 0. The van der Waals surface area contributed by atoms with E-state index in [1.165, 1.54) is 6.07 Å². The van der Waals surface area contributed by atoms with E-state index >= 15 is 0 Å². The van der Waals surface area contributed by atoms with Crippen molar-refractivity contribution in [3.05, 3.63) is 74.9 Å². The van der Waals surface area contributed by atoms with Crippen molar-refractivity contribution in [2.24, 2.45) is 0 Å². The van der Waals surface area contributed by atoms with E-state index in [1.54, 1.807) is 18.2 Å². The lowest BCUT2D eigenvalue weighted by atomic mass is 9.90. The van der Waals surface area contributed by atoms with E-state index in [0.717, 1.165) is 47.8 Å². The summed E-state index contributed by atoms with van der Waals surface area (Å²) >= 11 is 0. The Labute approximate surface area is 145 Å². The Hall–Kier alpha value is -2.62. The molecule has 4 rings (SSSR count). The quantitative estimate of drug-likeness (QED) is 0.650. The summed E-state index contributed by atoms with van der Waals surface area (Å²) in [5.41, 5.74) is 3.54. The summed E-state index contributed by atoms with van der Waals surface area (Å²) in [5, 5.41) is 0.858. The average Bonchev–Trinajstić information content (AvgIpc) is 2.60. The first-order valence-corrected chi connectivity index (χ1v) is 8.59. The van der Waals surface area contributed by atoms with Crippen molar-refractivity contribution in [2.45, 2.75) is 39.2 Å². The van der Waals surface area contributed by atoms with Crippen molar-refractivity contribution in [1.82, 2.24) is 0 Å². The number of halogens is 1. The molecular formula is C21H19FO3. The van der Waals surface area contributed by atoms with Gasteiger partial charge in [0.05, 0.1) is 5.39 Å². The number of aryl methyl sites for hydroxylation is 2. The highest BCUT2D eigenvalue weighted by molar-refractivity contribution is 5.88. The predicted molar refractivity (Wildman–Crippen MR) is 94.6 cm³/mol. The van der Waals surface area contributed by atoms with Crippen molar-refractivity contribution in [3.63, 3.8) is 0 Å². The van der Waals surface area contributed by atoms with Crippen molar-refractivity contribution in [3.8, 4) is 5.75 Å². The van der Waals surface area contributed by atoms with Crippen molar-refractivity contribution < 1.29 is 13.5 Å². The van der Waals surface area contributed by atoms with E-state index in [9.17, 15) is 9.18 Å². The molecular weight excluding hydrogens is 319 g/mol. The number of ether oxygens (including phenoxy) is 1. The van der Waals surface area contributed by atoms with E-state index in [2.05, 4.69) is 0 Å². The average molecular weight is 338 g/mol. The maximum atomic E-state index is 13.9. The molecule has 0 spiro atoms. The van der Waals surface area contributed by atoms with Crippen LogP contribution in [-0.4, -0.2) is 0 Å². The zero-order valence-electron chi connectivity index (χ0n) is 14.1. The third-order valence-corrected chi connectivity index (χ3v) is 4.77. The van der Waals surface area contributed by atoms with Crippen LogP contribution in [0.1, 0.15) is 35.1 Å². The summed E-state index contributed by atoms with van der Waals surface area (Å²) in [6.45, 7) is 2.06. The predicted octanol–water partition coefficient (Wildman–Crippen LogP) is 4.70. The van der Waals surface area contributed by atoms with Gasteiger partial charge in [-0.25, -0.2) is 9.18 Å². The molecule has 3 nitrogen and oxygen atoms in total. The van der Waals surface area contributed by atoms with Crippen LogP contribution in [0, 0.1) is 12.7 Å². The first-order chi connectivity index (χ1) is 12.1. The van der Waals surface area contributed by atoms with Crippen molar-refractivity contribution in [2.75, 3.05) is 0 Å². The summed E-state index contributed by atoms with van der Waals surface area (Å²) in [4.78, 5) is 12.3. The standard InChI is InChI=1S/C21H19FO3/c1-13-10-18(24-12-14-6-2-5-9-17(14)22)20-15-7-3-4-8-16(15)21(23)25-19(20)11-13/h2,5-6,9-11H,3-4,7-8,12H2,1H3. The zero-order chi connectivity index (χ0) is 17.4. The van der Waals surface area contributed by atoms with Crippen LogP contribution in [0.5, 0.6) is 5.75 Å². The molecule has 2 aromatic carbocycles. The van der Waals surface area contributed by atoms with Gasteiger partial charge in [-0.3, -0.25) is 0 Å². The molecule has 0 saturated carbocycles. The van der Waals surface area contributed by atoms with Crippen LogP contribution in [0.15, 0.2) is 45.6 Å². The van der Waals surface area contributed by atoms with Gasteiger partial charge in [0.1, 0.15) is 23.8 Å². The first-order valence-electron chi connectivity index (χ1n) is 8.59. The van der Waals surface area contributed by atoms with Gasteiger partial charge in [-0.1, -0.05) is 18.2 Å². The Morgan fingerprint density at radius 1 is 1.12 bits per heavy atom. The smallest absolute Gasteiger partial charge is 0.339 e. The Kier molecular flexibility index (Phi) is 4.04. The normalized spacial score (nSPS) is 13.7. The van der Waals surface area contributed by atoms with Gasteiger partial charge in [0, 0.05) is 11.1 Å². The van der Waals surface area contributed by atoms with Gasteiger partial charge >= 0.3 is 5.63 Å². The number of fused-ring (bicyclic) bond motifs is 3. The van der Waals surface area contributed by atoms with Crippen LogP contribution in [0.4, 0.5) is 4.39 Å². The van der Waals surface area contributed by atoms with Crippen LogP contribution < -0.4 is 10.4 Å². The molecule has 25 heavy (non-hydrogen) atoms. The fourth-order valence-electron chi connectivity index (χ4n) is 3.55. The van der Waals surface area contributed by atoms with Crippen LogP contribution in [0.2, 0.25) is 0 Å². The maximum absolute atomic E-state index is 13.9. The molecule has 1 aromatic heterocycles. The van der Waals surface area contributed by atoms with Crippen LogP contribution in [-0.2, 0) is 19.4 Å². The van der Waals surface area contributed by atoms with E-state index < -0.39 is 0 Å². The number of rotatable bonds is 3. The maximum Gasteiger partial charge on any atom is 0.339 e. The minimum atomic E-state index is -0.284. The van der Waals surface area contributed by atoms with E-state index in [-0.39, 0.29) is 18.0 Å². The molecule has 0 saturated heterocycles. The molecule has 1 heterocycles. The number of hydrogen-bond acceptors (Lipinski definition) is 3. The molecule has 0 bridgehead atoms. The van der Waals surface area contributed by atoms with Crippen LogP contribution in [0.3, 0.4) is 0 Å². The molecule has 0 radical (unpaired) electrons. The Morgan fingerprint density at radius 3 is 2.68 bits per heavy atom. The molecule has 0 unspecified atom stereocenters. The van der Waals surface area contributed by atoms with Gasteiger partial charge in [-0.2, -0.15) is 0 Å². The van der Waals surface area contributed by atoms with Crippen LogP contribution in [0.25, 0.3) is 11.0 Å². The van der Waals surface area contributed by atoms with Gasteiger partial charge in [0.15, 0.2) is 0 Å². The van der Waals surface area contributed by atoms with Gasteiger partial charge in [0.25, 0.3) is 0 Å². The second-order valence-corrected chi connectivity index (χ2v) is 6.57. The van der Waals surface area contributed by atoms with E-state index in [1.807, 2.05) is 19.1 Å². The summed E-state index contributed by atoms with van der Waals surface area (Å²) in [6, 6.07) is 10.4. The molecule has 128 valence electrons. The molecule has 1 aliphatic carbocycles. The fraction of sp³-hybridized carbons (Fsp3) is 0.286. The first kappa shape index (κ1) is 15.9. The molecule has 0 aliphatic heterocycles. The molecule has 4 heteroatoms. The third-order valence-electron chi connectivity index (χ3n) is 4.77. The van der Waals surface area contributed by atoms with E-state index in [0.29, 0.717) is 16.9 Å². The third kappa shape index (κ3) is 2.93. The molecule has 3 aromatic rings. The Morgan fingerprint density at radius 2 is 1.88 bits per heavy atom. The van der Waals surface area contributed by atoms with Gasteiger partial charge in [-0.05, 0) is 61.9 Å². The summed E-state index contributed by atoms with van der Waals surface area (Å²) < 4.78 is 25.4. The Bertz CT molecular complexity index is 1000. The minimum Gasteiger partial charge on any atom is -0.488 e. The highest BCUT2D eigenvalue weighted by atomic mass is 19.1. The van der Waals surface area contributed by atoms with Gasteiger partial charge in [-0.15, -0.1) is 0 Å².